The Morgan fingerprint density at radius 1 is 1.04 bits per heavy atom. The van der Waals surface area contributed by atoms with Crippen molar-refractivity contribution < 1.29 is 72.9 Å². The molecule has 0 amide bonds. The Morgan fingerprint density at radius 2 is 1.75 bits per heavy atom. The van der Waals surface area contributed by atoms with Crippen molar-refractivity contribution in [3.8, 4) is 0 Å². The first-order chi connectivity index (χ1) is 24.9. The van der Waals surface area contributed by atoms with Crippen molar-refractivity contribution in [2.75, 3.05) is 24.9 Å². The molecule has 6 heterocycles. The van der Waals surface area contributed by atoms with E-state index in [4.69, 9.17) is 42.8 Å². The predicted molar refractivity (Wildman–Crippen MR) is 167 cm³/mol. The van der Waals surface area contributed by atoms with Gasteiger partial charge < -0.3 is 24.7 Å². The molecule has 0 spiro atoms. The number of halogens is 5. The van der Waals surface area contributed by atoms with E-state index >= 15 is 8.78 Å². The number of carbonyl (C=O) groups is 1. The van der Waals surface area contributed by atoms with Crippen molar-refractivity contribution in [2.24, 2.45) is 0 Å². The molecule has 2 unspecified atom stereocenters. The van der Waals surface area contributed by atoms with E-state index in [1.165, 1.54) is 13.8 Å². The zero-order chi connectivity index (χ0) is 38.5. The molecule has 0 aromatic carbocycles. The molecule has 3 N–H and O–H groups in total. The van der Waals surface area contributed by atoms with Crippen molar-refractivity contribution in [3.63, 3.8) is 0 Å². The average Bonchev–Trinajstić information content (AvgIpc) is 3.72. The molecule has 53 heavy (non-hydrogen) atoms. The average molecular weight is 824 g/mol. The van der Waals surface area contributed by atoms with Crippen molar-refractivity contribution >= 4 is 48.9 Å². The van der Waals surface area contributed by atoms with Crippen LogP contribution < -0.4 is 17.0 Å². The summed E-state index contributed by atoms with van der Waals surface area (Å²) in [5.74, 6) is -6.86. The summed E-state index contributed by atoms with van der Waals surface area (Å²) in [4.78, 5) is 49.6. The Morgan fingerprint density at radius 3 is 2.45 bits per heavy atom. The van der Waals surface area contributed by atoms with Gasteiger partial charge in [-0.25, -0.2) is 42.5 Å². The van der Waals surface area contributed by atoms with Gasteiger partial charge in [0.15, 0.2) is 42.2 Å². The Kier molecular flexibility index (Phi) is 11.1. The summed E-state index contributed by atoms with van der Waals surface area (Å²) >= 11 is 0.116. The fraction of sp³-hybridized carbons (Fsp3) is 0.600. The second-order valence-electron chi connectivity index (χ2n) is 11.6. The zero-order valence-corrected chi connectivity index (χ0v) is 29.5. The highest BCUT2D eigenvalue weighted by molar-refractivity contribution is 8.55. The fourth-order valence-corrected chi connectivity index (χ4v) is 9.30. The number of rotatable bonds is 6. The van der Waals surface area contributed by atoms with Gasteiger partial charge in [0.1, 0.15) is 36.3 Å². The molecule has 3 aliphatic heterocycles. The summed E-state index contributed by atoms with van der Waals surface area (Å²) in [5.41, 5.74) is 3.46. The molecule has 3 aromatic heterocycles. The van der Waals surface area contributed by atoms with Crippen LogP contribution in [0.4, 0.5) is 32.6 Å². The Balaban J connectivity index is 1.39. The SMILES string of the molecule is CC(C)OC(=O)OCSP1(=O)OC[C@H]2O[C@@H](n3cnc4c(N)ncnc43)[C@H](OP(=O)(C(F)(F)F)OC[C@H]3O[C@@H](n4ccc(=O)[nH]c4=O)[C@H](F)[C@@H]3O1)[C@@H]2F. The molecule has 3 aromatic rings. The lowest BCUT2D eigenvalue weighted by Crippen LogP contribution is -2.36. The lowest BCUT2D eigenvalue weighted by Gasteiger charge is -2.29. The van der Waals surface area contributed by atoms with E-state index in [0.29, 0.717) is 4.57 Å². The van der Waals surface area contributed by atoms with Gasteiger partial charge in [0.25, 0.3) is 5.56 Å². The molecule has 28 heteroatoms. The van der Waals surface area contributed by atoms with E-state index in [0.717, 1.165) is 29.5 Å². The number of aromatic nitrogens is 6. The molecular weight excluding hydrogens is 795 g/mol. The third-order valence-corrected chi connectivity index (χ3v) is 12.6. The monoisotopic (exact) mass is 823 g/mol. The molecule has 0 radical (unpaired) electrons. The number of carbonyl (C=O) groups excluding carboxylic acids is 1. The number of nitrogens with one attached hydrogen (secondary N) is 1. The second kappa shape index (κ2) is 15.0. The van der Waals surface area contributed by atoms with Crippen LogP contribution in [-0.2, 0) is 46.2 Å². The molecule has 20 nitrogen and oxygen atoms in total. The highest BCUT2D eigenvalue weighted by atomic mass is 32.7. The number of hydrogen-bond donors (Lipinski definition) is 2. The van der Waals surface area contributed by atoms with Crippen LogP contribution in [0.5, 0.6) is 0 Å². The summed E-state index contributed by atoms with van der Waals surface area (Å²) in [6, 6.07) is 0.801. The number of fused-ring (bicyclic) bond motifs is 4. The minimum atomic E-state index is -6.48. The third kappa shape index (κ3) is 8.01. The number of imidazole rings is 1. The first kappa shape index (κ1) is 39.2. The molecular formula is C25H28F5N7O13P2S. The number of nitrogens with zero attached hydrogens (tertiary/aromatic N) is 5. The van der Waals surface area contributed by atoms with E-state index < -0.39 is 112 Å². The van der Waals surface area contributed by atoms with E-state index in [-0.39, 0.29) is 28.4 Å². The minimum absolute atomic E-state index is 0.0683. The van der Waals surface area contributed by atoms with Gasteiger partial charge >= 0.3 is 32.2 Å². The third-order valence-electron chi connectivity index (χ3n) is 7.66. The Bertz CT molecular complexity index is 2060. The molecule has 0 saturated carbocycles. The second-order valence-corrected chi connectivity index (χ2v) is 17.5. The molecule has 2 bridgehead atoms. The topological polar surface area (TPSA) is 250 Å². The number of nitrogens with two attached hydrogens (primary N) is 1. The van der Waals surface area contributed by atoms with Crippen LogP contribution >= 0.6 is 25.8 Å². The molecule has 292 valence electrons. The molecule has 0 aliphatic carbocycles. The van der Waals surface area contributed by atoms with E-state index in [1.54, 1.807) is 0 Å². The number of nitrogen functional groups attached to an aromatic ring is 1. The Labute approximate surface area is 296 Å². The maximum atomic E-state index is 16.2. The zero-order valence-electron chi connectivity index (χ0n) is 26.9. The van der Waals surface area contributed by atoms with Crippen LogP contribution in [0.15, 0.2) is 34.5 Å². The van der Waals surface area contributed by atoms with Crippen molar-refractivity contribution in [1.29, 1.82) is 0 Å². The van der Waals surface area contributed by atoms with Gasteiger partial charge in [0.05, 0.1) is 25.6 Å². The van der Waals surface area contributed by atoms with Crippen LogP contribution in [0.1, 0.15) is 26.3 Å². The number of H-pyrrole nitrogens is 1. The molecule has 6 rings (SSSR count). The van der Waals surface area contributed by atoms with Gasteiger partial charge in [-0.3, -0.25) is 37.0 Å². The van der Waals surface area contributed by atoms with Crippen molar-refractivity contribution in [1.82, 2.24) is 29.1 Å². The normalized spacial score (nSPS) is 33.9. The minimum Gasteiger partial charge on any atom is -0.432 e. The smallest absolute Gasteiger partial charge is 0.432 e. The summed E-state index contributed by atoms with van der Waals surface area (Å²) in [5, 5.41) is 0. The van der Waals surface area contributed by atoms with Gasteiger partial charge in [-0.1, -0.05) is 0 Å². The quantitative estimate of drug-likeness (QED) is 0.157. The van der Waals surface area contributed by atoms with E-state index in [1.807, 2.05) is 4.98 Å². The van der Waals surface area contributed by atoms with Crippen LogP contribution in [0, 0.1) is 0 Å². The predicted octanol–water partition coefficient (Wildman–Crippen LogP) is 3.32. The maximum absolute atomic E-state index is 16.2. The van der Waals surface area contributed by atoms with Crippen LogP contribution in [0.25, 0.3) is 11.2 Å². The highest BCUT2D eigenvalue weighted by Gasteiger charge is 2.62. The largest absolute Gasteiger partial charge is 0.509 e. The Hall–Kier alpha value is -3.48. The number of aromatic amines is 1. The van der Waals surface area contributed by atoms with Crippen molar-refractivity contribution in [2.45, 2.75) is 75.1 Å². The highest BCUT2D eigenvalue weighted by Crippen LogP contribution is 2.67. The van der Waals surface area contributed by atoms with E-state index in [9.17, 15) is 36.7 Å². The molecule has 3 fully saturated rings. The molecule has 10 atom stereocenters. The number of ether oxygens (including phenoxy) is 4. The number of anilines is 1. The van der Waals surface area contributed by atoms with Crippen LogP contribution in [0.3, 0.4) is 0 Å². The number of alkyl halides is 5. The van der Waals surface area contributed by atoms with Gasteiger partial charge in [-0.2, -0.15) is 13.2 Å². The molecule has 3 saturated heterocycles. The van der Waals surface area contributed by atoms with Crippen molar-refractivity contribution in [3.05, 3.63) is 45.8 Å². The standard InChI is InChI=1S/C25H28F5N7O13P2S/c1-10(2)46-24(40)43-9-53-52(42)45-5-11-14(26)18(22(47-11)37-8-34-16-19(31)32-7-33-20(16)37)49-51(41,25(28,29)30)44-6-12-17(50-52)15(27)21(48-12)36-4-3-13(38)35-23(36)39/h3-4,7-8,10-12,14-15,17-18,21-22H,5-6,9H2,1-2H3,(H2,31,32,33)(H,35,38,39)/t11-,12-,14-,15-,17-,18-,21-,22-,51?,52?/m1/s1. The fourth-order valence-electron chi connectivity index (χ4n) is 5.30. The van der Waals surface area contributed by atoms with Crippen LogP contribution in [-0.4, -0.2) is 103 Å². The van der Waals surface area contributed by atoms with Gasteiger partial charge in [0, 0.05) is 23.6 Å². The summed E-state index contributed by atoms with van der Waals surface area (Å²) < 4.78 is 147. The summed E-state index contributed by atoms with van der Waals surface area (Å²) in [6.45, 7) is -4.53. The summed E-state index contributed by atoms with van der Waals surface area (Å²) in [7, 11) is -6.48. The lowest BCUT2D eigenvalue weighted by atomic mass is 10.1. The first-order valence-corrected chi connectivity index (χ1v) is 19.8. The number of hydrogen-bond acceptors (Lipinski definition) is 18. The molecule has 3 aliphatic rings. The summed E-state index contributed by atoms with van der Waals surface area (Å²) in [6.07, 6.45) is -17.0. The van der Waals surface area contributed by atoms with Gasteiger partial charge in [0.2, 0.25) is 0 Å². The van der Waals surface area contributed by atoms with Gasteiger partial charge in [-0.15, -0.1) is 0 Å². The van der Waals surface area contributed by atoms with Gasteiger partial charge in [-0.05, 0) is 13.8 Å². The first-order valence-electron chi connectivity index (χ1n) is 15.1. The van der Waals surface area contributed by atoms with Crippen LogP contribution in [0.2, 0.25) is 0 Å². The lowest BCUT2D eigenvalue weighted by molar-refractivity contribution is -0.101. The maximum Gasteiger partial charge on any atom is 0.509 e. The van der Waals surface area contributed by atoms with E-state index in [2.05, 4.69) is 15.0 Å².